The van der Waals surface area contributed by atoms with Crippen LogP contribution in [0.5, 0.6) is 5.75 Å². The van der Waals surface area contributed by atoms with E-state index in [-0.39, 0.29) is 18.8 Å². The molecule has 1 N–H and O–H groups in total. The summed E-state index contributed by atoms with van der Waals surface area (Å²) >= 11 is 0. The Morgan fingerprint density at radius 1 is 0.812 bits per heavy atom. The summed E-state index contributed by atoms with van der Waals surface area (Å²) in [6.45, 7) is 0.559. The Bertz CT molecular complexity index is 1110. The molecule has 5 heteroatoms. The van der Waals surface area contributed by atoms with Crippen molar-refractivity contribution in [1.29, 1.82) is 0 Å². The van der Waals surface area contributed by atoms with E-state index in [1.165, 1.54) is 0 Å². The Hall–Kier alpha value is -4.17. The van der Waals surface area contributed by atoms with Crippen molar-refractivity contribution in [2.45, 2.75) is 12.8 Å². The first-order chi connectivity index (χ1) is 15.6. The van der Waals surface area contributed by atoms with Gasteiger partial charge in [0.05, 0.1) is 0 Å². The standard InChI is InChI=1S/C27H23NO4/c1-2-18-32-24-14-10-20(11-15-24)16-17-28-27(31)25(29)19-21-8-12-23(13-9-21)26(30)22-6-4-3-5-7-22/h1,3-15H,16-19H2,(H,28,31). The zero-order valence-electron chi connectivity index (χ0n) is 17.5. The normalized spacial score (nSPS) is 10.1. The largest absolute Gasteiger partial charge is 0.481 e. The Morgan fingerprint density at radius 2 is 1.44 bits per heavy atom. The molecule has 0 saturated heterocycles. The van der Waals surface area contributed by atoms with E-state index >= 15 is 0 Å². The smallest absolute Gasteiger partial charge is 0.287 e. The molecular weight excluding hydrogens is 402 g/mol. The fourth-order valence-corrected chi connectivity index (χ4v) is 3.09. The lowest BCUT2D eigenvalue weighted by molar-refractivity contribution is -0.137. The van der Waals surface area contributed by atoms with E-state index < -0.39 is 11.7 Å². The van der Waals surface area contributed by atoms with E-state index in [0.717, 1.165) is 5.56 Å². The molecule has 32 heavy (non-hydrogen) atoms. The van der Waals surface area contributed by atoms with Crippen LogP contribution in [0.2, 0.25) is 0 Å². The lowest BCUT2D eigenvalue weighted by Crippen LogP contribution is -2.33. The number of rotatable bonds is 10. The quantitative estimate of drug-likeness (QED) is 0.307. The van der Waals surface area contributed by atoms with Gasteiger partial charge in [0.25, 0.3) is 5.91 Å². The first-order valence-electron chi connectivity index (χ1n) is 10.2. The van der Waals surface area contributed by atoms with Gasteiger partial charge in [0, 0.05) is 24.1 Å². The molecule has 160 valence electrons. The van der Waals surface area contributed by atoms with Gasteiger partial charge < -0.3 is 10.1 Å². The van der Waals surface area contributed by atoms with Gasteiger partial charge in [0.1, 0.15) is 12.4 Å². The third-order valence-corrected chi connectivity index (χ3v) is 4.81. The Kier molecular flexibility index (Phi) is 7.94. The summed E-state index contributed by atoms with van der Waals surface area (Å²) in [6, 6.07) is 23.1. The third-order valence-electron chi connectivity index (χ3n) is 4.81. The van der Waals surface area contributed by atoms with Crippen LogP contribution in [0.4, 0.5) is 0 Å². The van der Waals surface area contributed by atoms with Gasteiger partial charge in [0.2, 0.25) is 5.78 Å². The van der Waals surface area contributed by atoms with Crippen LogP contribution in [-0.4, -0.2) is 30.6 Å². The summed E-state index contributed by atoms with van der Waals surface area (Å²) < 4.78 is 5.31. The van der Waals surface area contributed by atoms with Crippen LogP contribution in [0.15, 0.2) is 78.9 Å². The number of amides is 1. The molecule has 0 fully saturated rings. The van der Waals surface area contributed by atoms with Gasteiger partial charge in [-0.15, -0.1) is 6.42 Å². The number of benzene rings is 3. The van der Waals surface area contributed by atoms with Crippen molar-refractivity contribution in [2.24, 2.45) is 0 Å². The van der Waals surface area contributed by atoms with Gasteiger partial charge in [-0.05, 0) is 29.7 Å². The summed E-state index contributed by atoms with van der Waals surface area (Å²) in [7, 11) is 0. The molecule has 1 amide bonds. The molecule has 3 rings (SSSR count). The average molecular weight is 425 g/mol. The lowest BCUT2D eigenvalue weighted by Gasteiger charge is -2.07. The van der Waals surface area contributed by atoms with Gasteiger partial charge >= 0.3 is 0 Å². The van der Waals surface area contributed by atoms with Crippen LogP contribution < -0.4 is 10.1 Å². The number of terminal acetylenes is 1. The third kappa shape index (κ3) is 6.41. The van der Waals surface area contributed by atoms with Crippen LogP contribution >= 0.6 is 0 Å². The second-order valence-corrected chi connectivity index (χ2v) is 7.13. The monoisotopic (exact) mass is 425 g/mol. The molecule has 0 aromatic heterocycles. The SMILES string of the molecule is C#CCOc1ccc(CCNC(=O)C(=O)Cc2ccc(C(=O)c3ccccc3)cc2)cc1. The molecule has 0 aliphatic carbocycles. The Balaban J connectivity index is 1.45. The number of carbonyl (C=O) groups is 3. The molecule has 0 atom stereocenters. The van der Waals surface area contributed by atoms with Crippen LogP contribution in [0, 0.1) is 12.3 Å². The van der Waals surface area contributed by atoms with Gasteiger partial charge in [-0.3, -0.25) is 14.4 Å². The minimum atomic E-state index is -0.622. The van der Waals surface area contributed by atoms with Gasteiger partial charge in [-0.25, -0.2) is 0 Å². The molecule has 0 unspecified atom stereocenters. The predicted octanol–water partition coefficient (Wildman–Crippen LogP) is 3.40. The molecule has 3 aromatic rings. The first kappa shape index (κ1) is 22.5. The maximum atomic E-state index is 12.4. The van der Waals surface area contributed by atoms with Gasteiger partial charge in [0.15, 0.2) is 5.78 Å². The molecule has 5 nitrogen and oxygen atoms in total. The van der Waals surface area contributed by atoms with E-state index in [0.29, 0.717) is 35.4 Å². The maximum Gasteiger partial charge on any atom is 0.287 e. The number of nitrogens with one attached hydrogen (secondary N) is 1. The fraction of sp³-hybridized carbons (Fsp3) is 0.148. The molecule has 0 radical (unpaired) electrons. The number of Topliss-reactive ketones (excluding diaryl/α,β-unsaturated/α-hetero) is 1. The van der Waals surface area contributed by atoms with Crippen molar-refractivity contribution in [2.75, 3.05) is 13.2 Å². The number of ether oxygens (including phenoxy) is 1. The maximum absolute atomic E-state index is 12.4. The van der Waals surface area contributed by atoms with Crippen LogP contribution in [0.1, 0.15) is 27.0 Å². The van der Waals surface area contributed by atoms with Crippen LogP contribution in [0.25, 0.3) is 0 Å². The number of hydrogen-bond acceptors (Lipinski definition) is 4. The highest BCUT2D eigenvalue weighted by atomic mass is 16.5. The van der Waals surface area contributed by atoms with Crippen molar-refractivity contribution in [3.05, 3.63) is 101 Å². The Morgan fingerprint density at radius 3 is 2.09 bits per heavy atom. The fourth-order valence-electron chi connectivity index (χ4n) is 3.09. The first-order valence-corrected chi connectivity index (χ1v) is 10.2. The highest BCUT2D eigenvalue weighted by Gasteiger charge is 2.15. The van der Waals surface area contributed by atoms with E-state index in [2.05, 4.69) is 11.2 Å². The van der Waals surface area contributed by atoms with Crippen molar-refractivity contribution in [3.8, 4) is 18.1 Å². The second kappa shape index (κ2) is 11.3. The number of ketones is 2. The molecule has 0 aliphatic rings. The minimum absolute atomic E-state index is 0.0210. The number of hydrogen-bond donors (Lipinski definition) is 1. The van der Waals surface area contributed by atoms with Crippen LogP contribution in [0.3, 0.4) is 0 Å². The molecule has 0 spiro atoms. The van der Waals surface area contributed by atoms with Gasteiger partial charge in [-0.2, -0.15) is 0 Å². The highest BCUT2D eigenvalue weighted by molar-refractivity contribution is 6.36. The van der Waals surface area contributed by atoms with Crippen LogP contribution in [-0.2, 0) is 22.4 Å². The highest BCUT2D eigenvalue weighted by Crippen LogP contribution is 2.13. The molecular formula is C27H23NO4. The summed E-state index contributed by atoms with van der Waals surface area (Å²) in [5, 5.41) is 2.65. The van der Waals surface area contributed by atoms with Gasteiger partial charge in [-0.1, -0.05) is 72.7 Å². The molecule has 0 aliphatic heterocycles. The Labute approximate surface area is 187 Å². The van der Waals surface area contributed by atoms with E-state index in [1.54, 1.807) is 36.4 Å². The topological polar surface area (TPSA) is 72.5 Å². The number of carbonyl (C=O) groups excluding carboxylic acids is 3. The summed E-state index contributed by atoms with van der Waals surface area (Å²) in [6.07, 6.45) is 5.72. The molecule has 0 bridgehead atoms. The lowest BCUT2D eigenvalue weighted by atomic mass is 10.0. The molecule has 0 saturated carbocycles. The molecule has 0 heterocycles. The average Bonchev–Trinajstić information content (AvgIpc) is 2.84. The zero-order valence-corrected chi connectivity index (χ0v) is 17.5. The summed E-state index contributed by atoms with van der Waals surface area (Å²) in [5.74, 6) is 1.85. The second-order valence-electron chi connectivity index (χ2n) is 7.13. The minimum Gasteiger partial charge on any atom is -0.481 e. The summed E-state index contributed by atoms with van der Waals surface area (Å²) in [4.78, 5) is 36.8. The predicted molar refractivity (Wildman–Crippen MR) is 123 cm³/mol. The van der Waals surface area contributed by atoms with E-state index in [1.807, 2.05) is 42.5 Å². The van der Waals surface area contributed by atoms with E-state index in [4.69, 9.17) is 11.2 Å². The van der Waals surface area contributed by atoms with Crippen molar-refractivity contribution >= 4 is 17.5 Å². The zero-order chi connectivity index (χ0) is 22.8. The van der Waals surface area contributed by atoms with Crippen molar-refractivity contribution in [3.63, 3.8) is 0 Å². The van der Waals surface area contributed by atoms with Crippen molar-refractivity contribution < 1.29 is 19.1 Å². The van der Waals surface area contributed by atoms with Crippen molar-refractivity contribution in [1.82, 2.24) is 5.32 Å². The van der Waals surface area contributed by atoms with E-state index in [9.17, 15) is 14.4 Å². The molecule has 3 aromatic carbocycles. The summed E-state index contributed by atoms with van der Waals surface area (Å²) in [5.41, 5.74) is 2.82.